The number of carbonyl (C=O) groups is 1. The van der Waals surface area contributed by atoms with Gasteiger partial charge in [0.25, 0.3) is 11.8 Å². The standard InChI is InChI=1S/C13H20N2O5/c1-13(2)8-15(6-9(19-13)7-17-3)12(16)10-5-11(18-4)14-20-10/h5,9H,6-8H2,1-4H3/t9-/m1/s1. The van der Waals surface area contributed by atoms with E-state index in [1.807, 2.05) is 13.8 Å². The average molecular weight is 284 g/mol. The fourth-order valence-corrected chi connectivity index (χ4v) is 2.33. The molecule has 0 bridgehead atoms. The fraction of sp³-hybridized carbons (Fsp3) is 0.692. The maximum atomic E-state index is 12.4. The Labute approximate surface area is 117 Å². The van der Waals surface area contributed by atoms with Crippen molar-refractivity contribution in [3.8, 4) is 5.88 Å². The highest BCUT2D eigenvalue weighted by Crippen LogP contribution is 2.23. The summed E-state index contributed by atoms with van der Waals surface area (Å²) in [6.07, 6.45) is -0.155. The van der Waals surface area contributed by atoms with Crippen molar-refractivity contribution in [2.75, 3.05) is 33.9 Å². The summed E-state index contributed by atoms with van der Waals surface area (Å²) in [7, 11) is 3.08. The molecular weight excluding hydrogens is 264 g/mol. The predicted molar refractivity (Wildman–Crippen MR) is 69.8 cm³/mol. The summed E-state index contributed by atoms with van der Waals surface area (Å²) >= 11 is 0. The smallest absolute Gasteiger partial charge is 0.292 e. The maximum Gasteiger partial charge on any atom is 0.292 e. The zero-order valence-corrected chi connectivity index (χ0v) is 12.2. The Morgan fingerprint density at radius 3 is 2.90 bits per heavy atom. The molecule has 0 N–H and O–H groups in total. The van der Waals surface area contributed by atoms with E-state index in [9.17, 15) is 4.79 Å². The number of methoxy groups -OCH3 is 2. The number of nitrogens with zero attached hydrogens (tertiary/aromatic N) is 2. The van der Waals surface area contributed by atoms with Crippen LogP contribution in [-0.4, -0.2) is 61.6 Å². The molecule has 1 aromatic rings. The van der Waals surface area contributed by atoms with Crippen LogP contribution >= 0.6 is 0 Å². The lowest BCUT2D eigenvalue weighted by molar-refractivity contribution is -0.143. The SMILES string of the molecule is COC[C@H]1CN(C(=O)c2cc(OC)no2)CC(C)(C)O1. The Bertz CT molecular complexity index is 471. The van der Waals surface area contributed by atoms with E-state index in [1.165, 1.54) is 13.2 Å². The van der Waals surface area contributed by atoms with Crippen molar-refractivity contribution in [1.82, 2.24) is 10.1 Å². The molecule has 0 saturated carbocycles. The average Bonchev–Trinajstić information content (AvgIpc) is 2.85. The molecule has 7 nitrogen and oxygen atoms in total. The molecule has 1 amide bonds. The van der Waals surface area contributed by atoms with Gasteiger partial charge in [0.2, 0.25) is 5.76 Å². The molecule has 112 valence electrons. The second-order valence-electron chi connectivity index (χ2n) is 5.37. The first kappa shape index (κ1) is 14.8. The largest absolute Gasteiger partial charge is 0.479 e. The van der Waals surface area contributed by atoms with Gasteiger partial charge in [0.1, 0.15) is 0 Å². The van der Waals surface area contributed by atoms with Gasteiger partial charge >= 0.3 is 0 Å². The molecule has 1 aromatic heterocycles. The molecule has 0 radical (unpaired) electrons. The highest BCUT2D eigenvalue weighted by Gasteiger charge is 2.37. The van der Waals surface area contributed by atoms with Crippen molar-refractivity contribution >= 4 is 5.91 Å². The fourth-order valence-electron chi connectivity index (χ4n) is 2.33. The molecule has 20 heavy (non-hydrogen) atoms. The van der Waals surface area contributed by atoms with Crippen LogP contribution in [0.4, 0.5) is 0 Å². The van der Waals surface area contributed by atoms with Crippen LogP contribution < -0.4 is 4.74 Å². The van der Waals surface area contributed by atoms with E-state index in [1.54, 1.807) is 12.0 Å². The van der Waals surface area contributed by atoms with Gasteiger partial charge in [0, 0.05) is 20.2 Å². The number of carbonyl (C=O) groups excluding carboxylic acids is 1. The van der Waals surface area contributed by atoms with Crippen LogP contribution in [0.3, 0.4) is 0 Å². The van der Waals surface area contributed by atoms with E-state index < -0.39 is 5.60 Å². The minimum atomic E-state index is -0.429. The van der Waals surface area contributed by atoms with Crippen LogP contribution in [-0.2, 0) is 9.47 Å². The van der Waals surface area contributed by atoms with Crippen molar-refractivity contribution in [1.29, 1.82) is 0 Å². The Balaban J connectivity index is 2.11. The Kier molecular flexibility index (Phi) is 4.29. The monoisotopic (exact) mass is 284 g/mol. The van der Waals surface area contributed by atoms with E-state index in [-0.39, 0.29) is 23.7 Å². The lowest BCUT2D eigenvalue weighted by Crippen LogP contribution is -2.55. The van der Waals surface area contributed by atoms with Crippen LogP contribution in [0.2, 0.25) is 0 Å². The topological polar surface area (TPSA) is 74.0 Å². The van der Waals surface area contributed by atoms with Gasteiger partial charge in [-0.3, -0.25) is 4.79 Å². The molecule has 0 unspecified atom stereocenters. The van der Waals surface area contributed by atoms with E-state index in [0.29, 0.717) is 19.7 Å². The molecule has 2 rings (SSSR count). The number of hydrogen-bond donors (Lipinski definition) is 0. The third-order valence-electron chi connectivity index (χ3n) is 3.03. The predicted octanol–water partition coefficient (Wildman–Crippen LogP) is 0.949. The summed E-state index contributed by atoms with van der Waals surface area (Å²) in [5.74, 6) is 0.225. The zero-order valence-electron chi connectivity index (χ0n) is 12.2. The number of rotatable bonds is 4. The van der Waals surface area contributed by atoms with Gasteiger partial charge in [-0.25, -0.2) is 0 Å². The lowest BCUT2D eigenvalue weighted by atomic mass is 10.0. The Morgan fingerprint density at radius 2 is 2.30 bits per heavy atom. The van der Waals surface area contributed by atoms with Crippen LogP contribution in [0.1, 0.15) is 24.4 Å². The number of amides is 1. The van der Waals surface area contributed by atoms with Crippen LogP contribution in [0, 0.1) is 0 Å². The van der Waals surface area contributed by atoms with E-state index in [4.69, 9.17) is 18.7 Å². The van der Waals surface area contributed by atoms with Crippen molar-refractivity contribution in [2.45, 2.75) is 25.6 Å². The summed E-state index contributed by atoms with van der Waals surface area (Å²) in [4.78, 5) is 14.1. The van der Waals surface area contributed by atoms with Crippen LogP contribution in [0.15, 0.2) is 10.6 Å². The van der Waals surface area contributed by atoms with Gasteiger partial charge in [0.15, 0.2) is 0 Å². The molecule has 1 fully saturated rings. The van der Waals surface area contributed by atoms with Crippen molar-refractivity contribution in [2.24, 2.45) is 0 Å². The second-order valence-corrected chi connectivity index (χ2v) is 5.37. The lowest BCUT2D eigenvalue weighted by Gasteiger charge is -2.42. The Morgan fingerprint density at radius 1 is 1.55 bits per heavy atom. The molecule has 2 heterocycles. The van der Waals surface area contributed by atoms with Gasteiger partial charge in [-0.1, -0.05) is 0 Å². The number of aromatic nitrogens is 1. The van der Waals surface area contributed by atoms with Crippen molar-refractivity contribution < 1.29 is 23.5 Å². The zero-order chi connectivity index (χ0) is 14.8. The molecule has 7 heteroatoms. The van der Waals surface area contributed by atoms with Crippen LogP contribution in [0.25, 0.3) is 0 Å². The molecule has 1 aliphatic rings. The van der Waals surface area contributed by atoms with Crippen LogP contribution in [0.5, 0.6) is 5.88 Å². The minimum absolute atomic E-state index is 0.155. The number of morpholine rings is 1. The van der Waals surface area contributed by atoms with Crippen molar-refractivity contribution in [3.63, 3.8) is 0 Å². The molecular formula is C13H20N2O5. The number of ether oxygens (including phenoxy) is 3. The molecule has 1 aliphatic heterocycles. The van der Waals surface area contributed by atoms with Gasteiger partial charge in [0.05, 0.1) is 31.5 Å². The van der Waals surface area contributed by atoms with E-state index >= 15 is 0 Å². The summed E-state index contributed by atoms with van der Waals surface area (Å²) in [6, 6.07) is 1.48. The summed E-state index contributed by atoms with van der Waals surface area (Å²) in [5.41, 5.74) is -0.429. The second kappa shape index (κ2) is 5.80. The highest BCUT2D eigenvalue weighted by molar-refractivity contribution is 5.91. The summed E-state index contributed by atoms with van der Waals surface area (Å²) < 4.78 is 20.9. The third kappa shape index (κ3) is 3.29. The maximum absolute atomic E-state index is 12.4. The first-order valence-electron chi connectivity index (χ1n) is 6.42. The minimum Gasteiger partial charge on any atom is -0.479 e. The Hall–Kier alpha value is -1.60. The summed E-state index contributed by atoms with van der Waals surface area (Å²) in [6.45, 7) is 5.26. The molecule has 0 aromatic carbocycles. The van der Waals surface area contributed by atoms with Gasteiger partial charge in [-0.15, -0.1) is 0 Å². The van der Waals surface area contributed by atoms with Gasteiger partial charge < -0.3 is 23.6 Å². The van der Waals surface area contributed by atoms with E-state index in [2.05, 4.69) is 5.16 Å². The quantitative estimate of drug-likeness (QED) is 0.819. The highest BCUT2D eigenvalue weighted by atomic mass is 16.5. The third-order valence-corrected chi connectivity index (χ3v) is 3.03. The van der Waals surface area contributed by atoms with Gasteiger partial charge in [-0.2, -0.15) is 0 Å². The first-order chi connectivity index (χ1) is 9.45. The molecule has 1 saturated heterocycles. The van der Waals surface area contributed by atoms with Gasteiger partial charge in [-0.05, 0) is 19.0 Å². The number of hydrogen-bond acceptors (Lipinski definition) is 6. The molecule has 0 spiro atoms. The normalized spacial score (nSPS) is 21.8. The first-order valence-corrected chi connectivity index (χ1v) is 6.42. The van der Waals surface area contributed by atoms with Crippen molar-refractivity contribution in [3.05, 3.63) is 11.8 Å². The summed E-state index contributed by atoms with van der Waals surface area (Å²) in [5, 5.41) is 3.64. The van der Waals surface area contributed by atoms with E-state index in [0.717, 1.165) is 0 Å². The molecule has 0 aliphatic carbocycles. The molecule has 1 atom stereocenters.